The Morgan fingerprint density at radius 1 is 1.29 bits per heavy atom. The third-order valence-corrected chi connectivity index (χ3v) is 5.60. The predicted molar refractivity (Wildman–Crippen MR) is 69.7 cm³/mol. The van der Waals surface area contributed by atoms with E-state index in [1.165, 1.54) is 24.8 Å². The number of benzene rings is 1. The maximum atomic E-state index is 11.2. The van der Waals surface area contributed by atoms with Gasteiger partial charge in [-0.25, -0.2) is 0 Å². The van der Waals surface area contributed by atoms with Gasteiger partial charge in [-0.15, -0.1) is 0 Å². The third kappa shape index (κ3) is 1.48. The van der Waals surface area contributed by atoms with Gasteiger partial charge in [-0.1, -0.05) is 44.2 Å². The summed E-state index contributed by atoms with van der Waals surface area (Å²) in [4.78, 5) is 0. The van der Waals surface area contributed by atoms with Crippen molar-refractivity contribution in [3.63, 3.8) is 0 Å². The summed E-state index contributed by atoms with van der Waals surface area (Å²) in [5.74, 6) is 1.19. The molecular weight excluding hydrogens is 208 g/mol. The highest BCUT2D eigenvalue weighted by molar-refractivity contribution is 5.22. The summed E-state index contributed by atoms with van der Waals surface area (Å²) in [7, 11) is 0. The summed E-state index contributed by atoms with van der Waals surface area (Å²) in [5.41, 5.74) is 0.931. The summed E-state index contributed by atoms with van der Waals surface area (Å²) in [6.45, 7) is 4.54. The Morgan fingerprint density at radius 2 is 2.00 bits per heavy atom. The van der Waals surface area contributed by atoms with Crippen LogP contribution in [0.5, 0.6) is 0 Å². The highest BCUT2D eigenvalue weighted by Crippen LogP contribution is 2.63. The van der Waals surface area contributed by atoms with Crippen LogP contribution in [0.2, 0.25) is 0 Å². The van der Waals surface area contributed by atoms with Gasteiger partial charge >= 0.3 is 0 Å². The van der Waals surface area contributed by atoms with Crippen molar-refractivity contribution in [2.75, 3.05) is 0 Å². The van der Waals surface area contributed by atoms with E-state index in [4.69, 9.17) is 0 Å². The summed E-state index contributed by atoms with van der Waals surface area (Å²) < 4.78 is 0. The van der Waals surface area contributed by atoms with Gasteiger partial charge in [-0.2, -0.15) is 0 Å². The maximum Gasteiger partial charge on any atom is 0.0769 e. The minimum Gasteiger partial charge on any atom is -0.389 e. The van der Waals surface area contributed by atoms with Crippen molar-refractivity contribution in [3.8, 4) is 0 Å². The first-order valence-corrected chi connectivity index (χ1v) is 6.81. The van der Waals surface area contributed by atoms with Crippen molar-refractivity contribution in [2.45, 2.75) is 45.1 Å². The molecule has 92 valence electrons. The molecule has 0 heterocycles. The zero-order valence-corrected chi connectivity index (χ0v) is 10.8. The van der Waals surface area contributed by atoms with Gasteiger partial charge in [0, 0.05) is 6.42 Å². The van der Waals surface area contributed by atoms with E-state index in [1.807, 2.05) is 6.07 Å². The fourth-order valence-corrected chi connectivity index (χ4v) is 4.33. The molecule has 4 unspecified atom stereocenters. The van der Waals surface area contributed by atoms with Crippen molar-refractivity contribution >= 4 is 0 Å². The largest absolute Gasteiger partial charge is 0.389 e. The second-order valence-electron chi connectivity index (χ2n) is 6.44. The molecule has 2 aliphatic rings. The van der Waals surface area contributed by atoms with Gasteiger partial charge < -0.3 is 5.11 Å². The van der Waals surface area contributed by atoms with Crippen LogP contribution in [-0.2, 0) is 6.42 Å². The van der Waals surface area contributed by atoms with Crippen LogP contribution in [-0.4, -0.2) is 10.7 Å². The Hall–Kier alpha value is -0.820. The van der Waals surface area contributed by atoms with Gasteiger partial charge in [0.15, 0.2) is 0 Å². The van der Waals surface area contributed by atoms with Crippen molar-refractivity contribution in [1.82, 2.24) is 0 Å². The Kier molecular flexibility index (Phi) is 2.38. The van der Waals surface area contributed by atoms with E-state index < -0.39 is 5.60 Å². The van der Waals surface area contributed by atoms with E-state index in [2.05, 4.69) is 38.1 Å². The number of hydrogen-bond acceptors (Lipinski definition) is 1. The average Bonchev–Trinajstić information content (AvgIpc) is 2.79. The molecule has 3 rings (SSSR count). The zero-order valence-electron chi connectivity index (χ0n) is 10.8. The SMILES string of the molecule is CC1C2CCC(C)(C2)C1(O)Cc1ccccc1. The van der Waals surface area contributed by atoms with E-state index in [0.717, 1.165) is 12.3 Å². The molecule has 0 saturated heterocycles. The molecule has 1 aromatic rings. The van der Waals surface area contributed by atoms with Crippen LogP contribution in [0.4, 0.5) is 0 Å². The summed E-state index contributed by atoms with van der Waals surface area (Å²) >= 11 is 0. The highest BCUT2D eigenvalue weighted by atomic mass is 16.3. The van der Waals surface area contributed by atoms with Gasteiger partial charge in [0.2, 0.25) is 0 Å². The van der Waals surface area contributed by atoms with Crippen LogP contribution in [0.1, 0.15) is 38.7 Å². The fourth-order valence-electron chi connectivity index (χ4n) is 4.33. The summed E-state index contributed by atoms with van der Waals surface area (Å²) in [6.07, 6.45) is 4.56. The lowest BCUT2D eigenvalue weighted by Crippen LogP contribution is -2.49. The molecule has 2 fully saturated rings. The van der Waals surface area contributed by atoms with E-state index in [-0.39, 0.29) is 5.41 Å². The molecule has 0 aromatic heterocycles. The van der Waals surface area contributed by atoms with Gasteiger partial charge in [-0.3, -0.25) is 0 Å². The lowest BCUT2D eigenvalue weighted by molar-refractivity contribution is -0.0974. The van der Waals surface area contributed by atoms with E-state index in [0.29, 0.717) is 5.92 Å². The van der Waals surface area contributed by atoms with Crippen LogP contribution in [0.15, 0.2) is 30.3 Å². The first-order chi connectivity index (χ1) is 8.05. The molecule has 1 N–H and O–H groups in total. The number of rotatable bonds is 2. The molecule has 17 heavy (non-hydrogen) atoms. The number of hydrogen-bond donors (Lipinski definition) is 1. The smallest absolute Gasteiger partial charge is 0.0769 e. The molecule has 0 aliphatic heterocycles. The van der Waals surface area contributed by atoms with Crippen LogP contribution >= 0.6 is 0 Å². The lowest BCUT2D eigenvalue weighted by atomic mass is 9.65. The summed E-state index contributed by atoms with van der Waals surface area (Å²) in [5, 5.41) is 11.2. The zero-order chi connectivity index (χ0) is 12.1. The highest BCUT2D eigenvalue weighted by Gasteiger charge is 2.62. The third-order valence-electron chi connectivity index (χ3n) is 5.60. The van der Waals surface area contributed by atoms with Gasteiger partial charge in [-0.05, 0) is 42.1 Å². The second-order valence-corrected chi connectivity index (χ2v) is 6.44. The van der Waals surface area contributed by atoms with E-state index in [1.54, 1.807) is 0 Å². The van der Waals surface area contributed by atoms with Gasteiger partial charge in [0.25, 0.3) is 0 Å². The Balaban J connectivity index is 1.91. The molecule has 2 bridgehead atoms. The quantitative estimate of drug-likeness (QED) is 0.825. The number of fused-ring (bicyclic) bond motifs is 2. The Labute approximate surface area is 104 Å². The number of aliphatic hydroxyl groups is 1. The molecule has 0 radical (unpaired) electrons. The van der Waals surface area contributed by atoms with E-state index >= 15 is 0 Å². The molecular formula is C16H22O. The second kappa shape index (κ2) is 3.58. The lowest BCUT2D eigenvalue weighted by Gasteiger charge is -2.44. The van der Waals surface area contributed by atoms with Crippen molar-refractivity contribution in [1.29, 1.82) is 0 Å². The average molecular weight is 230 g/mol. The standard InChI is InChI=1S/C16H22O/c1-12-14-8-9-15(2,11-14)16(12,17)10-13-6-4-3-5-7-13/h3-7,12,14,17H,8-11H2,1-2H3. The normalized spacial score (nSPS) is 44.2. The van der Waals surface area contributed by atoms with Crippen molar-refractivity contribution in [3.05, 3.63) is 35.9 Å². The monoisotopic (exact) mass is 230 g/mol. The van der Waals surface area contributed by atoms with E-state index in [9.17, 15) is 5.11 Å². The molecule has 4 atom stereocenters. The molecule has 1 nitrogen and oxygen atoms in total. The minimum atomic E-state index is -0.489. The topological polar surface area (TPSA) is 20.2 Å². The van der Waals surface area contributed by atoms with Crippen molar-refractivity contribution < 1.29 is 5.11 Å². The molecule has 0 amide bonds. The van der Waals surface area contributed by atoms with Crippen molar-refractivity contribution in [2.24, 2.45) is 17.3 Å². The van der Waals surface area contributed by atoms with Gasteiger partial charge in [0.1, 0.15) is 0 Å². The summed E-state index contributed by atoms with van der Waals surface area (Å²) in [6, 6.07) is 10.5. The fraction of sp³-hybridized carbons (Fsp3) is 0.625. The van der Waals surface area contributed by atoms with Crippen LogP contribution < -0.4 is 0 Å². The molecule has 2 aliphatic carbocycles. The predicted octanol–water partition coefficient (Wildman–Crippen LogP) is 3.42. The molecule has 1 heteroatoms. The van der Waals surface area contributed by atoms with Crippen LogP contribution in [0.25, 0.3) is 0 Å². The molecule has 0 spiro atoms. The van der Waals surface area contributed by atoms with Crippen LogP contribution in [0, 0.1) is 17.3 Å². The maximum absolute atomic E-state index is 11.2. The Morgan fingerprint density at radius 3 is 2.59 bits per heavy atom. The Bertz CT molecular complexity index is 413. The molecule has 2 saturated carbocycles. The first-order valence-electron chi connectivity index (χ1n) is 6.81. The minimum absolute atomic E-state index is 0.146. The van der Waals surface area contributed by atoms with Crippen LogP contribution in [0.3, 0.4) is 0 Å². The first kappa shape index (κ1) is 11.3. The molecule has 1 aromatic carbocycles. The van der Waals surface area contributed by atoms with Gasteiger partial charge in [0.05, 0.1) is 5.60 Å².